The quantitative estimate of drug-likeness (QED) is 0.890. The van der Waals surface area contributed by atoms with Crippen molar-refractivity contribution in [3.63, 3.8) is 0 Å². The van der Waals surface area contributed by atoms with E-state index in [1.165, 1.54) is 12.8 Å². The summed E-state index contributed by atoms with van der Waals surface area (Å²) in [5, 5.41) is 5.66. The number of amides is 2. The molecular formula is C15H22N4O. The minimum absolute atomic E-state index is 0.153. The molecule has 2 N–H and O–H groups in total. The summed E-state index contributed by atoms with van der Waals surface area (Å²) < 4.78 is 0. The fourth-order valence-corrected chi connectivity index (χ4v) is 2.48. The fraction of sp³-hybridized carbons (Fsp3) is 0.600. The first-order chi connectivity index (χ1) is 9.70. The molecule has 3 rings (SSSR count). The van der Waals surface area contributed by atoms with Crippen LogP contribution in [0.2, 0.25) is 0 Å². The summed E-state index contributed by atoms with van der Waals surface area (Å²) in [6.45, 7) is 4.50. The predicted octanol–water partition coefficient (Wildman–Crippen LogP) is 2.60. The number of hydrogen-bond acceptors (Lipinski definition) is 3. The molecule has 2 fully saturated rings. The van der Waals surface area contributed by atoms with Gasteiger partial charge in [-0.1, -0.05) is 6.92 Å². The maximum absolute atomic E-state index is 11.6. The van der Waals surface area contributed by atoms with E-state index in [4.69, 9.17) is 0 Å². The summed E-state index contributed by atoms with van der Waals surface area (Å²) in [6, 6.07) is 4.12. The van der Waals surface area contributed by atoms with Gasteiger partial charge in [0.15, 0.2) is 0 Å². The number of carbonyl (C=O) groups excluding carboxylic acids is 1. The van der Waals surface area contributed by atoms with E-state index in [9.17, 15) is 4.79 Å². The molecule has 1 aliphatic carbocycles. The van der Waals surface area contributed by atoms with Crippen LogP contribution in [0.4, 0.5) is 16.3 Å². The molecule has 0 spiro atoms. The molecule has 1 saturated heterocycles. The van der Waals surface area contributed by atoms with Crippen LogP contribution in [0.3, 0.4) is 0 Å². The van der Waals surface area contributed by atoms with Gasteiger partial charge in [0.05, 0.1) is 11.9 Å². The molecule has 0 bridgehead atoms. The highest BCUT2D eigenvalue weighted by Gasteiger charge is 2.23. The van der Waals surface area contributed by atoms with Gasteiger partial charge in [-0.3, -0.25) is 5.32 Å². The van der Waals surface area contributed by atoms with Crippen molar-refractivity contribution in [1.82, 2.24) is 10.3 Å². The van der Waals surface area contributed by atoms with E-state index < -0.39 is 0 Å². The second-order valence-corrected chi connectivity index (χ2v) is 5.94. The van der Waals surface area contributed by atoms with Crippen LogP contribution in [0.5, 0.6) is 0 Å². The third-order valence-corrected chi connectivity index (χ3v) is 4.05. The largest absolute Gasteiger partial charge is 0.370 e. The third kappa shape index (κ3) is 3.40. The number of urea groups is 1. The van der Waals surface area contributed by atoms with E-state index in [2.05, 4.69) is 27.4 Å². The van der Waals surface area contributed by atoms with E-state index in [1.807, 2.05) is 18.3 Å². The Balaban J connectivity index is 1.55. The SMILES string of the molecule is CC1CCN(c2ccc(NC(=O)NC3CC3)nc2)CC1. The molecule has 5 nitrogen and oxygen atoms in total. The molecule has 2 amide bonds. The van der Waals surface area contributed by atoms with Gasteiger partial charge in [-0.15, -0.1) is 0 Å². The van der Waals surface area contributed by atoms with Gasteiger partial charge in [0.25, 0.3) is 0 Å². The number of pyridine rings is 1. The fourth-order valence-electron chi connectivity index (χ4n) is 2.48. The maximum Gasteiger partial charge on any atom is 0.320 e. The lowest BCUT2D eigenvalue weighted by Crippen LogP contribution is -2.33. The normalized spacial score (nSPS) is 19.8. The van der Waals surface area contributed by atoms with Gasteiger partial charge in [0, 0.05) is 19.1 Å². The number of anilines is 2. The van der Waals surface area contributed by atoms with Crippen molar-refractivity contribution in [2.24, 2.45) is 5.92 Å². The van der Waals surface area contributed by atoms with Crippen molar-refractivity contribution < 1.29 is 4.79 Å². The Morgan fingerprint density at radius 1 is 1.25 bits per heavy atom. The summed E-state index contributed by atoms with van der Waals surface area (Å²) in [4.78, 5) is 18.3. The van der Waals surface area contributed by atoms with Crippen LogP contribution in [0.25, 0.3) is 0 Å². The molecule has 1 aliphatic heterocycles. The number of hydrogen-bond donors (Lipinski definition) is 2. The topological polar surface area (TPSA) is 57.3 Å². The van der Waals surface area contributed by atoms with E-state index in [-0.39, 0.29) is 6.03 Å². The van der Waals surface area contributed by atoms with Crippen LogP contribution in [-0.4, -0.2) is 30.1 Å². The average molecular weight is 274 g/mol. The Bertz CT molecular complexity index is 461. The maximum atomic E-state index is 11.6. The molecular weight excluding hydrogens is 252 g/mol. The van der Waals surface area contributed by atoms with Crippen LogP contribution < -0.4 is 15.5 Å². The Labute approximate surface area is 119 Å². The molecule has 0 unspecified atom stereocenters. The van der Waals surface area contributed by atoms with Gasteiger partial charge >= 0.3 is 6.03 Å². The van der Waals surface area contributed by atoms with Crippen molar-refractivity contribution in [2.75, 3.05) is 23.3 Å². The van der Waals surface area contributed by atoms with Gasteiger partial charge in [0.2, 0.25) is 0 Å². The van der Waals surface area contributed by atoms with E-state index in [0.29, 0.717) is 11.9 Å². The number of nitrogens with one attached hydrogen (secondary N) is 2. The van der Waals surface area contributed by atoms with Crippen LogP contribution in [0.1, 0.15) is 32.6 Å². The number of carbonyl (C=O) groups is 1. The first kappa shape index (κ1) is 13.2. The first-order valence-electron chi connectivity index (χ1n) is 7.49. The molecule has 1 saturated carbocycles. The Hall–Kier alpha value is -1.78. The van der Waals surface area contributed by atoms with Gasteiger partial charge in [-0.05, 0) is 43.7 Å². The lowest BCUT2D eigenvalue weighted by molar-refractivity contribution is 0.251. The zero-order valence-electron chi connectivity index (χ0n) is 11.9. The average Bonchev–Trinajstić information content (AvgIpc) is 3.24. The summed E-state index contributed by atoms with van der Waals surface area (Å²) in [5.74, 6) is 1.43. The monoisotopic (exact) mass is 274 g/mol. The second kappa shape index (κ2) is 5.69. The summed E-state index contributed by atoms with van der Waals surface area (Å²) >= 11 is 0. The standard InChI is InChI=1S/C15H22N4O/c1-11-6-8-19(9-7-11)13-4-5-14(16-10-13)18-15(20)17-12-2-3-12/h4-5,10-12H,2-3,6-9H2,1H3,(H2,16,17,18,20). The number of piperidine rings is 1. The smallest absolute Gasteiger partial charge is 0.320 e. The molecule has 20 heavy (non-hydrogen) atoms. The first-order valence-corrected chi connectivity index (χ1v) is 7.49. The molecule has 2 aliphatic rings. The molecule has 5 heteroatoms. The van der Waals surface area contributed by atoms with Crippen LogP contribution in [0.15, 0.2) is 18.3 Å². The Morgan fingerprint density at radius 3 is 2.60 bits per heavy atom. The molecule has 1 aromatic rings. The number of rotatable bonds is 3. The predicted molar refractivity (Wildman–Crippen MR) is 80.0 cm³/mol. The van der Waals surface area contributed by atoms with E-state index in [0.717, 1.165) is 37.5 Å². The Morgan fingerprint density at radius 2 is 2.00 bits per heavy atom. The molecule has 108 valence electrons. The summed E-state index contributed by atoms with van der Waals surface area (Å²) in [6.07, 6.45) is 6.51. The van der Waals surface area contributed by atoms with Gasteiger partial charge < -0.3 is 10.2 Å². The highest BCUT2D eigenvalue weighted by Crippen LogP contribution is 2.23. The third-order valence-electron chi connectivity index (χ3n) is 4.05. The van der Waals surface area contributed by atoms with Crippen LogP contribution in [0, 0.1) is 5.92 Å². The summed E-state index contributed by atoms with van der Waals surface area (Å²) in [7, 11) is 0. The molecule has 1 aromatic heterocycles. The Kier molecular flexibility index (Phi) is 3.76. The molecule has 2 heterocycles. The minimum Gasteiger partial charge on any atom is -0.370 e. The lowest BCUT2D eigenvalue weighted by atomic mass is 9.99. The minimum atomic E-state index is -0.153. The lowest BCUT2D eigenvalue weighted by Gasteiger charge is -2.31. The zero-order chi connectivity index (χ0) is 13.9. The highest BCUT2D eigenvalue weighted by molar-refractivity contribution is 5.88. The van der Waals surface area contributed by atoms with Crippen molar-refractivity contribution in [3.8, 4) is 0 Å². The van der Waals surface area contributed by atoms with Gasteiger partial charge in [0.1, 0.15) is 5.82 Å². The van der Waals surface area contributed by atoms with E-state index in [1.54, 1.807) is 0 Å². The molecule has 0 radical (unpaired) electrons. The molecule has 0 aromatic carbocycles. The van der Waals surface area contributed by atoms with Crippen LogP contribution >= 0.6 is 0 Å². The van der Waals surface area contributed by atoms with Gasteiger partial charge in [-0.2, -0.15) is 0 Å². The van der Waals surface area contributed by atoms with Crippen molar-refractivity contribution in [1.29, 1.82) is 0 Å². The zero-order valence-corrected chi connectivity index (χ0v) is 11.9. The highest BCUT2D eigenvalue weighted by atomic mass is 16.2. The number of aromatic nitrogens is 1. The van der Waals surface area contributed by atoms with Crippen molar-refractivity contribution in [3.05, 3.63) is 18.3 Å². The van der Waals surface area contributed by atoms with Crippen LogP contribution in [-0.2, 0) is 0 Å². The number of nitrogens with zero attached hydrogens (tertiary/aromatic N) is 2. The van der Waals surface area contributed by atoms with Gasteiger partial charge in [-0.25, -0.2) is 9.78 Å². The van der Waals surface area contributed by atoms with Crippen molar-refractivity contribution in [2.45, 2.75) is 38.6 Å². The van der Waals surface area contributed by atoms with Crippen molar-refractivity contribution >= 4 is 17.5 Å². The molecule has 0 atom stereocenters. The van der Waals surface area contributed by atoms with E-state index >= 15 is 0 Å². The second-order valence-electron chi connectivity index (χ2n) is 5.94. The summed E-state index contributed by atoms with van der Waals surface area (Å²) in [5.41, 5.74) is 1.14.